The first-order valence-electron chi connectivity index (χ1n) is 6.36. The number of carboxylic acids is 1. The minimum Gasteiger partial charge on any atom is -0.480 e. The number of nitrogens with zero attached hydrogens (tertiary/aromatic N) is 2. The number of thiophene rings is 1. The number of aliphatic carboxylic acids is 1. The largest absolute Gasteiger partial charge is 0.480 e. The maximum atomic E-state index is 10.7. The van der Waals surface area contributed by atoms with Crippen molar-refractivity contribution in [3.8, 4) is 0 Å². The van der Waals surface area contributed by atoms with Gasteiger partial charge in [-0.05, 0) is 30.7 Å². The van der Waals surface area contributed by atoms with Gasteiger partial charge in [-0.2, -0.15) is 0 Å². The molecule has 0 saturated heterocycles. The molecule has 0 spiro atoms. The van der Waals surface area contributed by atoms with Gasteiger partial charge in [0.15, 0.2) is 0 Å². The molecular formula is C13H15N3O2S. The molecule has 1 aliphatic carbocycles. The Kier molecular flexibility index (Phi) is 3.10. The number of aryl methyl sites for hydroxylation is 1. The molecule has 0 aliphatic heterocycles. The molecule has 2 aromatic rings. The first-order valence-corrected chi connectivity index (χ1v) is 7.17. The van der Waals surface area contributed by atoms with Crippen molar-refractivity contribution in [1.29, 1.82) is 0 Å². The number of carboxylic acid groups (broad SMARTS) is 1. The molecule has 0 radical (unpaired) electrons. The Morgan fingerprint density at radius 3 is 3.21 bits per heavy atom. The van der Waals surface area contributed by atoms with Crippen LogP contribution in [0.15, 0.2) is 6.33 Å². The van der Waals surface area contributed by atoms with Gasteiger partial charge in [0.05, 0.1) is 5.39 Å². The van der Waals surface area contributed by atoms with Gasteiger partial charge < -0.3 is 10.4 Å². The summed E-state index contributed by atoms with van der Waals surface area (Å²) in [6.45, 7) is 2.15. The number of fused-ring (bicyclic) bond motifs is 3. The van der Waals surface area contributed by atoms with Crippen LogP contribution in [0.4, 0.5) is 5.82 Å². The van der Waals surface area contributed by atoms with Gasteiger partial charge in [-0.25, -0.2) is 9.97 Å². The highest BCUT2D eigenvalue weighted by molar-refractivity contribution is 7.19. The molecule has 0 bridgehead atoms. The topological polar surface area (TPSA) is 75.1 Å². The minimum atomic E-state index is -0.885. The van der Waals surface area contributed by atoms with Crippen LogP contribution < -0.4 is 5.32 Å². The van der Waals surface area contributed by atoms with Crippen molar-refractivity contribution in [3.05, 3.63) is 16.8 Å². The summed E-state index contributed by atoms with van der Waals surface area (Å²) in [6, 6.07) is 0. The van der Waals surface area contributed by atoms with Crippen LogP contribution in [-0.4, -0.2) is 27.6 Å². The Morgan fingerprint density at radius 2 is 2.42 bits per heavy atom. The van der Waals surface area contributed by atoms with Crippen molar-refractivity contribution in [3.63, 3.8) is 0 Å². The van der Waals surface area contributed by atoms with Gasteiger partial charge in [0, 0.05) is 4.88 Å². The molecule has 0 saturated carbocycles. The van der Waals surface area contributed by atoms with E-state index in [0.29, 0.717) is 11.7 Å². The maximum absolute atomic E-state index is 10.7. The van der Waals surface area contributed by atoms with Crippen LogP contribution in [0.2, 0.25) is 0 Å². The second-order valence-corrected chi connectivity index (χ2v) is 6.09. The number of nitrogens with one attached hydrogen (secondary N) is 1. The van der Waals surface area contributed by atoms with Gasteiger partial charge in [-0.1, -0.05) is 6.92 Å². The number of aromatic nitrogens is 2. The van der Waals surface area contributed by atoms with Gasteiger partial charge in [-0.15, -0.1) is 11.3 Å². The molecule has 2 N–H and O–H groups in total. The standard InChI is InChI=1S/C13H15N3O2S/c1-7-2-3-8-9(4-7)19-13-11(8)12(15-6-16-13)14-5-10(17)18/h6-7H,2-5H2,1H3,(H,17,18)(H,14,15,16)/t7-/m1/s1. The molecule has 0 fully saturated rings. The van der Waals surface area contributed by atoms with E-state index in [-0.39, 0.29) is 6.54 Å². The van der Waals surface area contributed by atoms with Gasteiger partial charge in [0.1, 0.15) is 23.5 Å². The van der Waals surface area contributed by atoms with Gasteiger partial charge in [-0.3, -0.25) is 4.79 Å². The molecular weight excluding hydrogens is 262 g/mol. The lowest BCUT2D eigenvalue weighted by Crippen LogP contribution is -2.14. The number of hydrogen-bond acceptors (Lipinski definition) is 5. The second kappa shape index (κ2) is 4.77. The van der Waals surface area contributed by atoms with E-state index in [9.17, 15) is 4.79 Å². The fraction of sp³-hybridized carbons (Fsp3) is 0.462. The molecule has 2 aromatic heterocycles. The third kappa shape index (κ3) is 2.28. The zero-order valence-electron chi connectivity index (χ0n) is 10.6. The van der Waals surface area contributed by atoms with Crippen LogP contribution in [-0.2, 0) is 17.6 Å². The average Bonchev–Trinajstić information content (AvgIpc) is 2.73. The smallest absolute Gasteiger partial charge is 0.322 e. The maximum Gasteiger partial charge on any atom is 0.322 e. The highest BCUT2D eigenvalue weighted by Gasteiger charge is 2.23. The number of rotatable bonds is 3. The summed E-state index contributed by atoms with van der Waals surface area (Å²) in [5.41, 5.74) is 1.31. The molecule has 2 heterocycles. The Labute approximate surface area is 114 Å². The fourth-order valence-electron chi connectivity index (χ4n) is 2.57. The monoisotopic (exact) mass is 277 g/mol. The summed E-state index contributed by atoms with van der Waals surface area (Å²) in [7, 11) is 0. The van der Waals surface area contributed by atoms with Crippen LogP contribution in [0.3, 0.4) is 0 Å². The van der Waals surface area contributed by atoms with E-state index in [1.165, 1.54) is 23.2 Å². The fourth-order valence-corrected chi connectivity index (χ4v) is 3.92. The van der Waals surface area contributed by atoms with Crippen molar-refractivity contribution < 1.29 is 9.90 Å². The first-order chi connectivity index (χ1) is 9.15. The van der Waals surface area contributed by atoms with Crippen LogP contribution in [0, 0.1) is 5.92 Å². The molecule has 100 valence electrons. The summed E-state index contributed by atoms with van der Waals surface area (Å²) in [5.74, 6) is 0.480. The lowest BCUT2D eigenvalue weighted by molar-refractivity contribution is -0.134. The van der Waals surface area contributed by atoms with Gasteiger partial charge in [0.25, 0.3) is 0 Å². The Balaban J connectivity index is 2.06. The zero-order valence-corrected chi connectivity index (χ0v) is 11.5. The lowest BCUT2D eigenvalue weighted by atomic mass is 9.89. The van der Waals surface area contributed by atoms with E-state index >= 15 is 0 Å². The minimum absolute atomic E-state index is 0.118. The molecule has 5 nitrogen and oxygen atoms in total. The van der Waals surface area contributed by atoms with Crippen molar-refractivity contribution in [2.75, 3.05) is 11.9 Å². The van der Waals surface area contributed by atoms with E-state index in [4.69, 9.17) is 5.11 Å². The van der Waals surface area contributed by atoms with Crippen molar-refractivity contribution >= 4 is 33.3 Å². The molecule has 6 heteroatoms. The van der Waals surface area contributed by atoms with Crippen LogP contribution in [0.1, 0.15) is 23.8 Å². The van der Waals surface area contributed by atoms with E-state index < -0.39 is 5.97 Å². The van der Waals surface area contributed by atoms with E-state index in [2.05, 4.69) is 22.2 Å². The Bertz CT molecular complexity index is 638. The predicted molar refractivity (Wildman–Crippen MR) is 74.7 cm³/mol. The van der Waals surface area contributed by atoms with Crippen molar-refractivity contribution in [2.24, 2.45) is 5.92 Å². The molecule has 0 unspecified atom stereocenters. The van der Waals surface area contributed by atoms with Crippen LogP contribution >= 0.6 is 11.3 Å². The highest BCUT2D eigenvalue weighted by atomic mass is 32.1. The third-order valence-corrected chi connectivity index (χ3v) is 4.66. The quantitative estimate of drug-likeness (QED) is 0.900. The lowest BCUT2D eigenvalue weighted by Gasteiger charge is -2.18. The number of anilines is 1. The third-order valence-electron chi connectivity index (χ3n) is 3.50. The van der Waals surface area contributed by atoms with Crippen molar-refractivity contribution in [1.82, 2.24) is 9.97 Å². The van der Waals surface area contributed by atoms with Crippen LogP contribution in [0.25, 0.3) is 10.2 Å². The molecule has 1 aliphatic rings. The molecule has 0 amide bonds. The predicted octanol–water partition coefficient (Wildman–Crippen LogP) is 2.31. The summed E-state index contributed by atoms with van der Waals surface area (Å²) >= 11 is 1.71. The number of carbonyl (C=O) groups is 1. The molecule has 19 heavy (non-hydrogen) atoms. The molecule has 0 aromatic carbocycles. The Hall–Kier alpha value is -1.69. The first kappa shape index (κ1) is 12.3. The molecule has 3 rings (SSSR count). The van der Waals surface area contributed by atoms with E-state index in [1.807, 2.05) is 0 Å². The SMILES string of the molecule is C[C@@H]1CCc2c(sc3ncnc(NCC(=O)O)c23)C1. The van der Waals surface area contributed by atoms with Gasteiger partial charge in [0.2, 0.25) is 0 Å². The summed E-state index contributed by atoms with van der Waals surface area (Å²) in [4.78, 5) is 21.5. The second-order valence-electron chi connectivity index (χ2n) is 5.00. The van der Waals surface area contributed by atoms with E-state index in [1.54, 1.807) is 11.3 Å². The highest BCUT2D eigenvalue weighted by Crippen LogP contribution is 2.39. The van der Waals surface area contributed by atoms with E-state index in [0.717, 1.165) is 23.1 Å². The molecule has 1 atom stereocenters. The zero-order chi connectivity index (χ0) is 13.4. The summed E-state index contributed by atoms with van der Waals surface area (Å²) < 4.78 is 0. The summed E-state index contributed by atoms with van der Waals surface area (Å²) in [5, 5.41) is 12.7. The number of hydrogen-bond donors (Lipinski definition) is 2. The van der Waals surface area contributed by atoms with Crippen molar-refractivity contribution in [2.45, 2.75) is 26.2 Å². The Morgan fingerprint density at radius 1 is 1.58 bits per heavy atom. The average molecular weight is 277 g/mol. The van der Waals surface area contributed by atoms with Gasteiger partial charge >= 0.3 is 5.97 Å². The van der Waals surface area contributed by atoms with Crippen LogP contribution in [0.5, 0.6) is 0 Å². The summed E-state index contributed by atoms with van der Waals surface area (Å²) in [6.07, 6.45) is 4.80. The normalized spacial score (nSPS) is 18.3.